The molecule has 2 rings (SSSR count). The van der Waals surface area contributed by atoms with Crippen molar-refractivity contribution < 1.29 is 13.9 Å². The smallest absolute Gasteiger partial charge is 0.316 e. The third-order valence-corrected chi connectivity index (χ3v) is 3.45. The molecule has 0 atom stereocenters. The van der Waals surface area contributed by atoms with Crippen LogP contribution in [0.2, 0.25) is 0 Å². The van der Waals surface area contributed by atoms with E-state index in [-0.39, 0.29) is 11.7 Å². The summed E-state index contributed by atoms with van der Waals surface area (Å²) in [7, 11) is 0. The first-order chi connectivity index (χ1) is 9.90. The Kier molecular flexibility index (Phi) is 4.72. The lowest BCUT2D eigenvalue weighted by atomic mass is 10.2. The van der Waals surface area contributed by atoms with Gasteiger partial charge in [0.15, 0.2) is 16.7 Å². The van der Waals surface area contributed by atoms with Crippen molar-refractivity contribution in [2.45, 2.75) is 45.0 Å². The summed E-state index contributed by atoms with van der Waals surface area (Å²) in [4.78, 5) is 11.7. The third-order valence-electron chi connectivity index (χ3n) is 2.51. The van der Waals surface area contributed by atoms with Gasteiger partial charge in [-0.3, -0.25) is 9.36 Å². The molecule has 21 heavy (non-hydrogen) atoms. The van der Waals surface area contributed by atoms with Crippen molar-refractivity contribution in [1.29, 1.82) is 0 Å². The maximum absolute atomic E-state index is 11.7. The maximum Gasteiger partial charge on any atom is 0.316 e. The van der Waals surface area contributed by atoms with Crippen LogP contribution >= 0.6 is 11.8 Å². The molecule has 2 heterocycles. The Hall–Kier alpha value is -1.76. The Morgan fingerprint density at radius 2 is 2.19 bits per heavy atom. The SMILES string of the molecule is CCn1c(SCC(=O)OC(C)(C)C)nnc1-c1ccco1. The average Bonchev–Trinajstić information content (AvgIpc) is 3.02. The molecular weight excluding hydrogens is 290 g/mol. The minimum absolute atomic E-state index is 0.202. The van der Waals surface area contributed by atoms with Gasteiger partial charge in [0.25, 0.3) is 0 Å². The van der Waals surface area contributed by atoms with Crippen LogP contribution in [-0.4, -0.2) is 32.1 Å². The Bertz CT molecular complexity index is 600. The predicted molar refractivity (Wildman–Crippen MR) is 80.0 cm³/mol. The molecule has 0 aliphatic carbocycles. The number of furan rings is 1. The molecule has 0 spiro atoms. The van der Waals surface area contributed by atoms with Gasteiger partial charge >= 0.3 is 5.97 Å². The van der Waals surface area contributed by atoms with E-state index >= 15 is 0 Å². The first-order valence-corrected chi connectivity index (χ1v) is 7.71. The minimum Gasteiger partial charge on any atom is -0.461 e. The number of aromatic nitrogens is 3. The molecule has 114 valence electrons. The monoisotopic (exact) mass is 309 g/mol. The molecule has 0 fully saturated rings. The summed E-state index contributed by atoms with van der Waals surface area (Å²) in [5.74, 6) is 1.26. The summed E-state index contributed by atoms with van der Waals surface area (Å²) in [5, 5.41) is 8.92. The zero-order valence-corrected chi connectivity index (χ0v) is 13.4. The van der Waals surface area contributed by atoms with Crippen molar-refractivity contribution in [3.05, 3.63) is 18.4 Å². The van der Waals surface area contributed by atoms with Crippen LogP contribution < -0.4 is 0 Å². The summed E-state index contributed by atoms with van der Waals surface area (Å²) in [6, 6.07) is 3.63. The molecule has 0 bridgehead atoms. The van der Waals surface area contributed by atoms with E-state index in [1.54, 1.807) is 12.3 Å². The van der Waals surface area contributed by atoms with Gasteiger partial charge in [-0.15, -0.1) is 10.2 Å². The van der Waals surface area contributed by atoms with Crippen LogP contribution in [0.15, 0.2) is 28.0 Å². The summed E-state index contributed by atoms with van der Waals surface area (Å²) in [6.07, 6.45) is 1.59. The lowest BCUT2D eigenvalue weighted by Crippen LogP contribution is -2.25. The first kappa shape index (κ1) is 15.6. The van der Waals surface area contributed by atoms with Crippen molar-refractivity contribution in [1.82, 2.24) is 14.8 Å². The van der Waals surface area contributed by atoms with E-state index in [4.69, 9.17) is 9.15 Å². The van der Waals surface area contributed by atoms with Crippen molar-refractivity contribution in [3.63, 3.8) is 0 Å². The molecule has 0 saturated carbocycles. The summed E-state index contributed by atoms with van der Waals surface area (Å²) < 4.78 is 12.5. The average molecular weight is 309 g/mol. The number of esters is 1. The predicted octanol–water partition coefficient (Wildman–Crippen LogP) is 2.99. The van der Waals surface area contributed by atoms with Crippen molar-refractivity contribution in [2.24, 2.45) is 0 Å². The molecular formula is C14H19N3O3S. The Balaban J connectivity index is 2.06. The van der Waals surface area contributed by atoms with Gasteiger partial charge < -0.3 is 9.15 Å². The first-order valence-electron chi connectivity index (χ1n) is 6.72. The van der Waals surface area contributed by atoms with E-state index in [0.717, 1.165) is 0 Å². The zero-order chi connectivity index (χ0) is 15.5. The van der Waals surface area contributed by atoms with Gasteiger partial charge in [-0.1, -0.05) is 11.8 Å². The zero-order valence-electron chi connectivity index (χ0n) is 12.6. The lowest BCUT2D eigenvalue weighted by Gasteiger charge is -2.19. The number of hydrogen-bond acceptors (Lipinski definition) is 6. The van der Waals surface area contributed by atoms with Crippen LogP contribution in [0.3, 0.4) is 0 Å². The highest BCUT2D eigenvalue weighted by atomic mass is 32.2. The highest BCUT2D eigenvalue weighted by molar-refractivity contribution is 7.99. The Morgan fingerprint density at radius 1 is 1.43 bits per heavy atom. The molecule has 2 aromatic heterocycles. The molecule has 0 aromatic carbocycles. The van der Waals surface area contributed by atoms with Crippen molar-refractivity contribution in [2.75, 3.05) is 5.75 Å². The van der Waals surface area contributed by atoms with Gasteiger partial charge in [0.2, 0.25) is 0 Å². The Labute approximate surface area is 127 Å². The fourth-order valence-electron chi connectivity index (χ4n) is 1.76. The minimum atomic E-state index is -0.477. The van der Waals surface area contributed by atoms with Crippen LogP contribution in [0.4, 0.5) is 0 Å². The number of carbonyl (C=O) groups is 1. The molecule has 0 aliphatic heterocycles. The van der Waals surface area contributed by atoms with Crippen LogP contribution in [-0.2, 0) is 16.1 Å². The van der Waals surface area contributed by atoms with E-state index in [9.17, 15) is 4.79 Å². The van der Waals surface area contributed by atoms with Crippen LogP contribution in [0.1, 0.15) is 27.7 Å². The number of hydrogen-bond donors (Lipinski definition) is 0. The molecule has 0 saturated heterocycles. The van der Waals surface area contributed by atoms with Gasteiger partial charge in [-0.2, -0.15) is 0 Å². The second-order valence-electron chi connectivity index (χ2n) is 5.40. The number of nitrogens with zero attached hydrogens (tertiary/aromatic N) is 3. The van der Waals surface area contributed by atoms with Crippen LogP contribution in [0.25, 0.3) is 11.6 Å². The van der Waals surface area contributed by atoms with Crippen LogP contribution in [0, 0.1) is 0 Å². The van der Waals surface area contributed by atoms with E-state index < -0.39 is 5.60 Å². The van der Waals surface area contributed by atoms with Gasteiger partial charge in [0, 0.05) is 6.54 Å². The van der Waals surface area contributed by atoms with Crippen LogP contribution in [0.5, 0.6) is 0 Å². The highest BCUT2D eigenvalue weighted by Crippen LogP contribution is 2.24. The van der Waals surface area contributed by atoms with Gasteiger partial charge in [-0.05, 0) is 39.8 Å². The summed E-state index contributed by atoms with van der Waals surface area (Å²) in [5.41, 5.74) is -0.477. The molecule has 0 aliphatic rings. The highest BCUT2D eigenvalue weighted by Gasteiger charge is 2.19. The number of carbonyl (C=O) groups excluding carboxylic acids is 1. The quantitative estimate of drug-likeness (QED) is 0.624. The lowest BCUT2D eigenvalue weighted by molar-refractivity contribution is -0.151. The van der Waals surface area contributed by atoms with E-state index in [0.29, 0.717) is 23.3 Å². The van der Waals surface area contributed by atoms with Gasteiger partial charge in [0.1, 0.15) is 5.60 Å². The van der Waals surface area contributed by atoms with Gasteiger partial charge in [-0.25, -0.2) is 0 Å². The molecule has 0 radical (unpaired) electrons. The summed E-state index contributed by atoms with van der Waals surface area (Å²) >= 11 is 1.31. The van der Waals surface area contributed by atoms with Gasteiger partial charge in [0.05, 0.1) is 12.0 Å². The number of ether oxygens (including phenoxy) is 1. The second kappa shape index (κ2) is 6.34. The number of rotatable bonds is 5. The largest absolute Gasteiger partial charge is 0.461 e. The van der Waals surface area contributed by atoms with E-state index in [1.807, 2.05) is 38.3 Å². The Morgan fingerprint density at radius 3 is 2.76 bits per heavy atom. The maximum atomic E-state index is 11.7. The molecule has 0 amide bonds. The molecule has 7 heteroatoms. The van der Waals surface area contributed by atoms with Crippen molar-refractivity contribution >= 4 is 17.7 Å². The summed E-state index contributed by atoms with van der Waals surface area (Å²) in [6.45, 7) is 8.23. The standard InChI is InChI=1S/C14H19N3O3S/c1-5-17-12(10-7-6-8-19-10)15-16-13(17)21-9-11(18)20-14(2,3)4/h6-8H,5,9H2,1-4H3. The normalized spacial score (nSPS) is 11.6. The topological polar surface area (TPSA) is 70.2 Å². The fourth-order valence-corrected chi connectivity index (χ4v) is 2.54. The number of thioether (sulfide) groups is 1. The fraction of sp³-hybridized carbons (Fsp3) is 0.500. The molecule has 2 aromatic rings. The van der Waals surface area contributed by atoms with E-state index in [2.05, 4.69) is 10.2 Å². The molecule has 0 unspecified atom stereocenters. The van der Waals surface area contributed by atoms with Crippen molar-refractivity contribution in [3.8, 4) is 11.6 Å². The van der Waals surface area contributed by atoms with E-state index in [1.165, 1.54) is 11.8 Å². The third kappa shape index (κ3) is 4.10. The second-order valence-corrected chi connectivity index (χ2v) is 6.35. The molecule has 0 N–H and O–H groups in total. The molecule has 6 nitrogen and oxygen atoms in total.